The van der Waals surface area contributed by atoms with Gasteiger partial charge in [-0.3, -0.25) is 0 Å². The van der Waals surface area contributed by atoms with Crippen LogP contribution in [0.5, 0.6) is 0 Å². The lowest BCUT2D eigenvalue weighted by Crippen LogP contribution is -2.48. The third-order valence-electron chi connectivity index (χ3n) is 4.20. The number of hydrogen-bond donors (Lipinski definition) is 1. The fourth-order valence-corrected chi connectivity index (χ4v) is 3.14. The fourth-order valence-electron chi connectivity index (χ4n) is 3.14. The van der Waals surface area contributed by atoms with Gasteiger partial charge in [-0.25, -0.2) is 0 Å². The van der Waals surface area contributed by atoms with Crippen LogP contribution in [0.15, 0.2) is 0 Å². The highest BCUT2D eigenvalue weighted by Crippen LogP contribution is 2.32. The van der Waals surface area contributed by atoms with Gasteiger partial charge in [-0.1, -0.05) is 6.92 Å². The van der Waals surface area contributed by atoms with Crippen LogP contribution < -0.4 is 5.32 Å². The Bertz CT molecular complexity index is 235. The average molecular weight is 254 g/mol. The molecule has 3 heteroatoms. The topological polar surface area (TPSA) is 24.5 Å². The second kappa shape index (κ2) is 6.88. The van der Waals surface area contributed by atoms with E-state index in [9.17, 15) is 0 Å². The summed E-state index contributed by atoms with van der Waals surface area (Å²) in [5, 5.41) is 3.61. The number of nitrogens with zero attached hydrogens (tertiary/aromatic N) is 1. The van der Waals surface area contributed by atoms with Gasteiger partial charge in [0.15, 0.2) is 0 Å². The Balaban J connectivity index is 1.81. The molecule has 1 N–H and O–H groups in total. The van der Waals surface area contributed by atoms with Gasteiger partial charge in [0.25, 0.3) is 0 Å². The third kappa shape index (κ3) is 4.52. The molecule has 1 unspecified atom stereocenters. The van der Waals surface area contributed by atoms with Gasteiger partial charge < -0.3 is 15.0 Å². The van der Waals surface area contributed by atoms with Gasteiger partial charge >= 0.3 is 0 Å². The first kappa shape index (κ1) is 14.3. The van der Waals surface area contributed by atoms with Crippen LogP contribution in [0.2, 0.25) is 0 Å². The number of rotatable bonds is 8. The van der Waals surface area contributed by atoms with Crippen LogP contribution in [0.3, 0.4) is 0 Å². The molecule has 2 fully saturated rings. The van der Waals surface area contributed by atoms with Crippen molar-refractivity contribution >= 4 is 0 Å². The number of hydrogen-bond acceptors (Lipinski definition) is 3. The van der Waals surface area contributed by atoms with Crippen LogP contribution in [0.25, 0.3) is 0 Å². The Morgan fingerprint density at radius 1 is 1.39 bits per heavy atom. The molecule has 1 saturated heterocycles. The van der Waals surface area contributed by atoms with Gasteiger partial charge in [0.05, 0.1) is 6.61 Å². The van der Waals surface area contributed by atoms with Gasteiger partial charge in [-0.2, -0.15) is 0 Å². The second-order valence-corrected chi connectivity index (χ2v) is 6.47. The molecular weight excluding hydrogens is 224 g/mol. The largest absolute Gasteiger partial charge is 0.381 e. The highest BCUT2D eigenvalue weighted by atomic mass is 16.5. The quantitative estimate of drug-likeness (QED) is 0.672. The lowest BCUT2D eigenvalue weighted by atomic mass is 9.81. The Morgan fingerprint density at radius 3 is 2.83 bits per heavy atom. The van der Waals surface area contributed by atoms with Crippen molar-refractivity contribution in [1.82, 2.24) is 10.2 Å². The molecule has 0 radical (unpaired) electrons. The average Bonchev–Trinajstić information content (AvgIpc) is 3.14. The zero-order valence-corrected chi connectivity index (χ0v) is 12.2. The van der Waals surface area contributed by atoms with E-state index in [1.165, 1.54) is 45.2 Å². The Hall–Kier alpha value is -0.120. The molecule has 1 aliphatic carbocycles. The van der Waals surface area contributed by atoms with E-state index in [0.717, 1.165) is 32.2 Å². The first-order valence-electron chi connectivity index (χ1n) is 7.71. The van der Waals surface area contributed by atoms with Crippen LogP contribution in [0.1, 0.15) is 39.0 Å². The maximum Gasteiger partial charge on any atom is 0.0546 e. The van der Waals surface area contributed by atoms with E-state index >= 15 is 0 Å². The molecule has 2 aliphatic rings. The maximum atomic E-state index is 5.77. The van der Waals surface area contributed by atoms with E-state index in [0.29, 0.717) is 5.41 Å². The monoisotopic (exact) mass is 254 g/mol. The van der Waals surface area contributed by atoms with E-state index in [2.05, 4.69) is 24.2 Å². The van der Waals surface area contributed by atoms with E-state index < -0.39 is 0 Å². The molecule has 0 bridgehead atoms. The minimum Gasteiger partial charge on any atom is -0.381 e. The minimum atomic E-state index is 0.358. The number of nitrogens with one attached hydrogen (secondary N) is 1. The maximum absolute atomic E-state index is 5.77. The molecule has 1 saturated carbocycles. The fraction of sp³-hybridized carbons (Fsp3) is 1.00. The van der Waals surface area contributed by atoms with Crippen molar-refractivity contribution in [2.45, 2.75) is 39.0 Å². The standard InChI is InChI=1S/C15H30N2O/c1-3-8-16-11-15(7-4-9-18-13-15)12-17(2)10-14-5-6-14/h14,16H,3-13H2,1-2H3. The summed E-state index contributed by atoms with van der Waals surface area (Å²) in [6, 6.07) is 0. The molecule has 1 heterocycles. The van der Waals surface area contributed by atoms with Crippen LogP contribution in [-0.4, -0.2) is 51.3 Å². The predicted molar refractivity (Wildman–Crippen MR) is 75.9 cm³/mol. The van der Waals surface area contributed by atoms with Gasteiger partial charge in [-0.15, -0.1) is 0 Å². The summed E-state index contributed by atoms with van der Waals surface area (Å²) in [7, 11) is 2.29. The highest BCUT2D eigenvalue weighted by Gasteiger charge is 2.35. The van der Waals surface area contributed by atoms with E-state index in [-0.39, 0.29) is 0 Å². The van der Waals surface area contributed by atoms with Gasteiger partial charge in [0, 0.05) is 31.7 Å². The van der Waals surface area contributed by atoms with Crippen molar-refractivity contribution in [3.63, 3.8) is 0 Å². The van der Waals surface area contributed by atoms with Gasteiger partial charge in [-0.05, 0) is 51.6 Å². The van der Waals surface area contributed by atoms with Crippen LogP contribution in [0, 0.1) is 11.3 Å². The molecule has 0 aromatic carbocycles. The zero-order valence-electron chi connectivity index (χ0n) is 12.2. The van der Waals surface area contributed by atoms with Crippen LogP contribution >= 0.6 is 0 Å². The molecular formula is C15H30N2O. The Morgan fingerprint density at radius 2 is 2.22 bits per heavy atom. The lowest BCUT2D eigenvalue weighted by Gasteiger charge is -2.40. The summed E-state index contributed by atoms with van der Waals surface area (Å²) in [5.74, 6) is 0.986. The SMILES string of the molecule is CCCNCC1(CN(C)CC2CC2)CCCOC1. The summed E-state index contributed by atoms with van der Waals surface area (Å²) in [6.45, 7) is 8.87. The lowest BCUT2D eigenvalue weighted by molar-refractivity contribution is -0.0230. The molecule has 1 atom stereocenters. The van der Waals surface area contributed by atoms with Crippen LogP contribution in [0.4, 0.5) is 0 Å². The molecule has 1 aliphatic heterocycles. The Labute approximate surface area is 112 Å². The molecule has 0 amide bonds. The number of ether oxygens (including phenoxy) is 1. The molecule has 0 spiro atoms. The Kier molecular flexibility index (Phi) is 5.46. The van der Waals surface area contributed by atoms with Crippen molar-refractivity contribution in [1.29, 1.82) is 0 Å². The summed E-state index contributed by atoms with van der Waals surface area (Å²) >= 11 is 0. The molecule has 106 valence electrons. The van der Waals surface area contributed by atoms with Crippen molar-refractivity contribution < 1.29 is 4.74 Å². The molecule has 0 aromatic rings. The van der Waals surface area contributed by atoms with Crippen molar-refractivity contribution in [3.05, 3.63) is 0 Å². The summed E-state index contributed by atoms with van der Waals surface area (Å²) in [6.07, 6.45) is 6.66. The summed E-state index contributed by atoms with van der Waals surface area (Å²) < 4.78 is 5.77. The highest BCUT2D eigenvalue weighted by molar-refractivity contribution is 4.88. The normalized spacial score (nSPS) is 28.8. The van der Waals surface area contributed by atoms with E-state index in [1.54, 1.807) is 0 Å². The molecule has 3 nitrogen and oxygen atoms in total. The third-order valence-corrected chi connectivity index (χ3v) is 4.20. The van der Waals surface area contributed by atoms with Gasteiger partial charge in [0.1, 0.15) is 0 Å². The van der Waals surface area contributed by atoms with Crippen LogP contribution in [-0.2, 0) is 4.74 Å². The molecule has 18 heavy (non-hydrogen) atoms. The van der Waals surface area contributed by atoms with Crippen molar-refractivity contribution in [2.24, 2.45) is 11.3 Å². The van der Waals surface area contributed by atoms with Gasteiger partial charge in [0.2, 0.25) is 0 Å². The first-order valence-corrected chi connectivity index (χ1v) is 7.71. The first-order chi connectivity index (χ1) is 8.74. The van der Waals surface area contributed by atoms with E-state index in [4.69, 9.17) is 4.74 Å². The summed E-state index contributed by atoms with van der Waals surface area (Å²) in [4.78, 5) is 2.54. The minimum absolute atomic E-state index is 0.358. The molecule has 0 aromatic heterocycles. The summed E-state index contributed by atoms with van der Waals surface area (Å²) in [5.41, 5.74) is 0.358. The van der Waals surface area contributed by atoms with Crippen molar-refractivity contribution in [3.8, 4) is 0 Å². The predicted octanol–water partition coefficient (Wildman–Crippen LogP) is 2.12. The molecule has 2 rings (SSSR count). The zero-order chi connectivity index (χ0) is 12.8. The smallest absolute Gasteiger partial charge is 0.0546 e. The second-order valence-electron chi connectivity index (χ2n) is 6.47. The van der Waals surface area contributed by atoms with Crippen molar-refractivity contribution in [2.75, 3.05) is 46.4 Å². The van der Waals surface area contributed by atoms with E-state index in [1.807, 2.05) is 0 Å².